The summed E-state index contributed by atoms with van der Waals surface area (Å²) in [5.74, 6) is 0. The first-order chi connectivity index (χ1) is 4.62. The van der Waals surface area contributed by atoms with E-state index in [4.69, 9.17) is 23.2 Å². The summed E-state index contributed by atoms with van der Waals surface area (Å²) in [6, 6.07) is 0. The fraction of sp³-hybridized carbons (Fsp3) is 0.857. The summed E-state index contributed by atoms with van der Waals surface area (Å²) >= 11 is 11.1. The molecule has 0 amide bonds. The van der Waals surface area contributed by atoms with Crippen molar-refractivity contribution >= 4 is 29.5 Å². The predicted molar refractivity (Wildman–Crippen MR) is 44.6 cm³/mol. The summed E-state index contributed by atoms with van der Waals surface area (Å²) in [6.45, 7) is 2.09. The van der Waals surface area contributed by atoms with Gasteiger partial charge in [0.2, 0.25) is 0 Å². The number of alkyl halides is 2. The average molecular weight is 183 g/mol. The standard InChI is InChI=1S/C7H12Cl2O/c1-2-3-4-5-7(8,9)6-10/h6H,2-5H2,1H3. The molecule has 0 spiro atoms. The molecule has 0 aromatic rings. The Morgan fingerprint density at radius 1 is 1.40 bits per heavy atom. The first kappa shape index (κ1) is 10.2. The van der Waals surface area contributed by atoms with Crippen molar-refractivity contribution in [1.82, 2.24) is 0 Å². The third-order valence-corrected chi connectivity index (χ3v) is 1.84. The van der Waals surface area contributed by atoms with Gasteiger partial charge in [-0.3, -0.25) is 0 Å². The normalized spacial score (nSPS) is 11.5. The zero-order valence-corrected chi connectivity index (χ0v) is 7.58. The van der Waals surface area contributed by atoms with Gasteiger partial charge in [-0.1, -0.05) is 49.4 Å². The molecule has 0 aliphatic heterocycles. The molecule has 0 rings (SSSR count). The number of unbranched alkanes of at least 4 members (excludes halogenated alkanes) is 2. The molecule has 0 radical (unpaired) electrons. The van der Waals surface area contributed by atoms with Gasteiger partial charge in [-0.15, -0.1) is 0 Å². The number of halogens is 2. The van der Waals surface area contributed by atoms with E-state index in [1.54, 1.807) is 0 Å². The van der Waals surface area contributed by atoms with Gasteiger partial charge in [0.25, 0.3) is 0 Å². The van der Waals surface area contributed by atoms with Gasteiger partial charge in [0.15, 0.2) is 10.6 Å². The van der Waals surface area contributed by atoms with Crippen molar-refractivity contribution in [3.05, 3.63) is 0 Å². The van der Waals surface area contributed by atoms with Gasteiger partial charge < -0.3 is 4.79 Å². The Kier molecular flexibility index (Phi) is 5.10. The topological polar surface area (TPSA) is 17.1 Å². The Labute approximate surface area is 71.7 Å². The molecule has 1 nitrogen and oxygen atoms in total. The van der Waals surface area contributed by atoms with Gasteiger partial charge in [-0.25, -0.2) is 0 Å². The first-order valence-electron chi connectivity index (χ1n) is 3.46. The maximum atomic E-state index is 10.2. The molecule has 0 aromatic heterocycles. The van der Waals surface area contributed by atoms with Crippen LogP contribution < -0.4 is 0 Å². The SMILES string of the molecule is CCCCCC(Cl)(Cl)C=O. The van der Waals surface area contributed by atoms with Gasteiger partial charge in [0.05, 0.1) is 0 Å². The van der Waals surface area contributed by atoms with E-state index in [1.807, 2.05) is 0 Å². The van der Waals surface area contributed by atoms with E-state index in [0.29, 0.717) is 12.7 Å². The molecule has 0 heterocycles. The third-order valence-electron chi connectivity index (χ3n) is 1.29. The average Bonchev–Trinajstić information content (AvgIpc) is 1.89. The number of hydrogen-bond donors (Lipinski definition) is 0. The minimum Gasteiger partial charge on any atom is -0.300 e. The highest BCUT2D eigenvalue weighted by molar-refractivity contribution is 6.55. The summed E-state index contributed by atoms with van der Waals surface area (Å²) in [7, 11) is 0. The minimum absolute atomic E-state index is 0.563. The Morgan fingerprint density at radius 2 is 2.00 bits per heavy atom. The van der Waals surface area contributed by atoms with Crippen LogP contribution in [0.4, 0.5) is 0 Å². The van der Waals surface area contributed by atoms with Crippen LogP contribution in [-0.2, 0) is 4.79 Å². The molecule has 0 aliphatic carbocycles. The number of rotatable bonds is 5. The molecule has 0 bridgehead atoms. The number of hydrogen-bond acceptors (Lipinski definition) is 1. The monoisotopic (exact) mass is 182 g/mol. The third kappa shape index (κ3) is 5.07. The van der Waals surface area contributed by atoms with E-state index in [0.717, 1.165) is 19.3 Å². The van der Waals surface area contributed by atoms with Gasteiger partial charge in [-0.2, -0.15) is 0 Å². The van der Waals surface area contributed by atoms with Gasteiger partial charge in [0, 0.05) is 0 Å². The first-order valence-corrected chi connectivity index (χ1v) is 4.22. The Bertz CT molecular complexity index is 102. The van der Waals surface area contributed by atoms with E-state index in [-0.39, 0.29) is 0 Å². The van der Waals surface area contributed by atoms with E-state index < -0.39 is 4.33 Å². The van der Waals surface area contributed by atoms with Crippen LogP contribution in [0.15, 0.2) is 0 Å². The van der Waals surface area contributed by atoms with E-state index in [2.05, 4.69) is 6.92 Å². The minimum atomic E-state index is -1.14. The van der Waals surface area contributed by atoms with Crippen molar-refractivity contribution in [1.29, 1.82) is 0 Å². The lowest BCUT2D eigenvalue weighted by atomic mass is 10.1. The van der Waals surface area contributed by atoms with Crippen molar-refractivity contribution in [2.24, 2.45) is 0 Å². The molecular formula is C7H12Cl2O. The van der Waals surface area contributed by atoms with Crippen LogP contribution in [0.5, 0.6) is 0 Å². The Balaban J connectivity index is 3.37. The maximum Gasteiger partial charge on any atom is 0.172 e. The van der Waals surface area contributed by atoms with Crippen molar-refractivity contribution < 1.29 is 4.79 Å². The molecule has 0 fully saturated rings. The molecule has 0 unspecified atom stereocenters. The Hall–Kier alpha value is 0.250. The lowest BCUT2D eigenvalue weighted by Gasteiger charge is -2.09. The van der Waals surface area contributed by atoms with Crippen LogP contribution in [0.2, 0.25) is 0 Å². The maximum absolute atomic E-state index is 10.2. The molecule has 10 heavy (non-hydrogen) atoms. The second kappa shape index (κ2) is 4.97. The molecule has 0 N–H and O–H groups in total. The molecular weight excluding hydrogens is 171 g/mol. The van der Waals surface area contributed by atoms with Crippen LogP contribution >= 0.6 is 23.2 Å². The quantitative estimate of drug-likeness (QED) is 0.363. The summed E-state index contributed by atoms with van der Waals surface area (Å²) in [6.07, 6.45) is 4.26. The van der Waals surface area contributed by atoms with E-state index in [1.165, 1.54) is 0 Å². The smallest absolute Gasteiger partial charge is 0.172 e. The zero-order chi connectivity index (χ0) is 8.04. The molecule has 0 saturated carbocycles. The molecule has 0 aliphatic rings. The highest BCUT2D eigenvalue weighted by Gasteiger charge is 2.21. The fourth-order valence-corrected chi connectivity index (χ4v) is 0.937. The van der Waals surface area contributed by atoms with Gasteiger partial charge in [-0.05, 0) is 6.42 Å². The number of carbonyl (C=O) groups is 1. The van der Waals surface area contributed by atoms with Crippen molar-refractivity contribution in [2.75, 3.05) is 0 Å². The second-order valence-corrected chi connectivity index (χ2v) is 3.88. The van der Waals surface area contributed by atoms with Crippen LogP contribution in [0.3, 0.4) is 0 Å². The Morgan fingerprint density at radius 3 is 2.40 bits per heavy atom. The second-order valence-electron chi connectivity index (χ2n) is 2.34. The molecule has 0 saturated heterocycles. The zero-order valence-electron chi connectivity index (χ0n) is 6.07. The lowest BCUT2D eigenvalue weighted by Crippen LogP contribution is -2.13. The van der Waals surface area contributed by atoms with Crippen molar-refractivity contribution in [3.8, 4) is 0 Å². The van der Waals surface area contributed by atoms with Crippen molar-refractivity contribution in [2.45, 2.75) is 36.9 Å². The van der Waals surface area contributed by atoms with Gasteiger partial charge in [0.1, 0.15) is 0 Å². The number of carbonyl (C=O) groups excluding carboxylic acids is 1. The van der Waals surface area contributed by atoms with Crippen LogP contribution in [-0.4, -0.2) is 10.6 Å². The summed E-state index contributed by atoms with van der Waals surface area (Å²) in [5, 5.41) is 0. The lowest BCUT2D eigenvalue weighted by molar-refractivity contribution is -0.108. The van der Waals surface area contributed by atoms with Crippen LogP contribution in [0, 0.1) is 0 Å². The molecule has 0 atom stereocenters. The summed E-state index contributed by atoms with van der Waals surface area (Å²) in [4.78, 5) is 10.2. The number of aldehydes is 1. The molecule has 3 heteroatoms. The fourth-order valence-electron chi connectivity index (χ4n) is 0.670. The van der Waals surface area contributed by atoms with Crippen LogP contribution in [0.25, 0.3) is 0 Å². The molecule has 60 valence electrons. The molecule has 0 aromatic carbocycles. The van der Waals surface area contributed by atoms with Gasteiger partial charge >= 0.3 is 0 Å². The van der Waals surface area contributed by atoms with E-state index in [9.17, 15) is 4.79 Å². The van der Waals surface area contributed by atoms with Crippen molar-refractivity contribution in [3.63, 3.8) is 0 Å². The highest BCUT2D eigenvalue weighted by atomic mass is 35.5. The highest BCUT2D eigenvalue weighted by Crippen LogP contribution is 2.24. The largest absolute Gasteiger partial charge is 0.300 e. The van der Waals surface area contributed by atoms with E-state index >= 15 is 0 Å². The predicted octanol–water partition coefficient (Wildman–Crippen LogP) is 2.94. The summed E-state index contributed by atoms with van der Waals surface area (Å²) in [5.41, 5.74) is 0. The van der Waals surface area contributed by atoms with Crippen LogP contribution in [0.1, 0.15) is 32.6 Å². The summed E-state index contributed by atoms with van der Waals surface area (Å²) < 4.78 is -1.14.